The van der Waals surface area contributed by atoms with Crippen LogP contribution in [0.2, 0.25) is 10.0 Å². The minimum Gasteiger partial charge on any atom is -0.480 e. The van der Waals surface area contributed by atoms with Gasteiger partial charge in [0.1, 0.15) is 5.82 Å². The molecule has 0 bridgehead atoms. The van der Waals surface area contributed by atoms with Crippen LogP contribution in [0, 0.1) is 5.82 Å². The topological polar surface area (TPSA) is 111 Å². The fourth-order valence-electron chi connectivity index (χ4n) is 5.43. The van der Waals surface area contributed by atoms with Crippen molar-refractivity contribution in [3.8, 4) is 23.3 Å². The lowest BCUT2D eigenvalue weighted by molar-refractivity contribution is -0.119. The van der Waals surface area contributed by atoms with Crippen LogP contribution in [-0.4, -0.2) is 45.6 Å². The van der Waals surface area contributed by atoms with Crippen molar-refractivity contribution in [2.75, 3.05) is 24.4 Å². The Morgan fingerprint density at radius 1 is 1.07 bits per heavy atom. The molecule has 0 unspecified atom stereocenters. The lowest BCUT2D eigenvalue weighted by Gasteiger charge is -2.36. The summed E-state index contributed by atoms with van der Waals surface area (Å²) in [5.41, 5.74) is -0.653. The van der Waals surface area contributed by atoms with Crippen molar-refractivity contribution in [2.24, 2.45) is 0 Å². The van der Waals surface area contributed by atoms with Gasteiger partial charge >= 0.3 is 6.01 Å². The van der Waals surface area contributed by atoms with Gasteiger partial charge in [0.15, 0.2) is 17.1 Å². The number of fused-ring (bicyclic) bond motifs is 4. The van der Waals surface area contributed by atoms with Crippen molar-refractivity contribution < 1.29 is 23.5 Å². The van der Waals surface area contributed by atoms with E-state index in [1.807, 2.05) is 13.8 Å². The maximum absolute atomic E-state index is 15.6. The largest absolute Gasteiger partial charge is 0.480 e. The molecule has 0 radical (unpaired) electrons. The molecule has 2 amide bonds. The summed E-state index contributed by atoms with van der Waals surface area (Å²) >= 11 is 12.4. The third-order valence-corrected chi connectivity index (χ3v) is 7.51. The predicted octanol–water partition coefficient (Wildman–Crippen LogP) is 5.24. The van der Waals surface area contributed by atoms with Crippen molar-refractivity contribution in [1.29, 1.82) is 0 Å². The highest BCUT2D eigenvalue weighted by atomic mass is 35.5. The van der Waals surface area contributed by atoms with Gasteiger partial charge in [-0.25, -0.2) is 14.4 Å². The fourth-order valence-corrected chi connectivity index (χ4v) is 5.77. The fraction of sp³-hybridized carbons (Fsp3) is 0.222. The molecule has 2 aromatic heterocycles. The molecule has 204 valence electrons. The molecule has 6 rings (SSSR count). The number of aromatic nitrogens is 4. The normalized spacial score (nSPS) is 17.4. The third-order valence-electron chi connectivity index (χ3n) is 6.98. The molecule has 40 heavy (non-hydrogen) atoms. The standard InChI is InChI=1S/C27H21Cl2FN6O4/c1-12(2)35-21-20(33-22(35)14-11-31-26(40-4)34-23(14)39-3)24(37)36(18-7-5-6-16(29)19(18)30)27(21)15-9-8-13(28)10-17(15)32-25(27)38/h5-12H,1-4H3,(H,32,38)/t27-/m0/s1. The molecule has 0 fully saturated rings. The minimum absolute atomic E-state index is 0.0427. The monoisotopic (exact) mass is 582 g/mol. The highest BCUT2D eigenvalue weighted by molar-refractivity contribution is 6.32. The zero-order valence-corrected chi connectivity index (χ0v) is 23.1. The number of carbonyl (C=O) groups excluding carboxylic acids is 2. The molecule has 10 nitrogen and oxygen atoms in total. The van der Waals surface area contributed by atoms with Crippen molar-refractivity contribution in [3.05, 3.63) is 75.4 Å². The smallest absolute Gasteiger partial charge is 0.319 e. The van der Waals surface area contributed by atoms with Crippen LogP contribution < -0.4 is 19.7 Å². The van der Waals surface area contributed by atoms with Crippen molar-refractivity contribution >= 4 is 46.4 Å². The first-order valence-corrected chi connectivity index (χ1v) is 12.9. The van der Waals surface area contributed by atoms with E-state index in [1.165, 1.54) is 38.6 Å². The number of rotatable bonds is 5. The van der Waals surface area contributed by atoms with Crippen LogP contribution in [0.15, 0.2) is 42.6 Å². The summed E-state index contributed by atoms with van der Waals surface area (Å²) in [6.07, 6.45) is 1.47. The van der Waals surface area contributed by atoms with Crippen LogP contribution in [0.1, 0.15) is 41.6 Å². The molecule has 0 saturated heterocycles. The summed E-state index contributed by atoms with van der Waals surface area (Å²) in [7, 11) is 2.86. The second-order valence-corrected chi connectivity index (χ2v) is 10.3. The zero-order valence-electron chi connectivity index (χ0n) is 21.6. The number of amides is 2. The molecule has 1 N–H and O–H groups in total. The maximum Gasteiger partial charge on any atom is 0.319 e. The van der Waals surface area contributed by atoms with Gasteiger partial charge < -0.3 is 19.4 Å². The van der Waals surface area contributed by atoms with Crippen LogP contribution in [0.3, 0.4) is 0 Å². The van der Waals surface area contributed by atoms with E-state index in [4.69, 9.17) is 37.7 Å². The number of carbonyl (C=O) groups is 2. The number of anilines is 2. The number of benzene rings is 2. The molecule has 4 aromatic rings. The van der Waals surface area contributed by atoms with Gasteiger partial charge in [-0.2, -0.15) is 4.98 Å². The highest BCUT2D eigenvalue weighted by Gasteiger charge is 2.64. The number of hydrogen-bond acceptors (Lipinski definition) is 7. The van der Waals surface area contributed by atoms with Crippen molar-refractivity contribution in [1.82, 2.24) is 19.5 Å². The zero-order chi connectivity index (χ0) is 28.5. The van der Waals surface area contributed by atoms with Crippen LogP contribution in [0.25, 0.3) is 11.4 Å². The van der Waals surface area contributed by atoms with Gasteiger partial charge in [-0.15, -0.1) is 0 Å². The van der Waals surface area contributed by atoms with Crippen molar-refractivity contribution in [3.63, 3.8) is 0 Å². The number of hydrogen-bond donors (Lipinski definition) is 1. The summed E-state index contributed by atoms with van der Waals surface area (Å²) in [6, 6.07) is 8.84. The summed E-state index contributed by atoms with van der Waals surface area (Å²) in [6.45, 7) is 3.75. The molecule has 1 atom stereocenters. The average molecular weight is 583 g/mol. The molecule has 0 saturated carbocycles. The second kappa shape index (κ2) is 9.17. The molecular formula is C27H21Cl2FN6O4. The van der Waals surface area contributed by atoms with Crippen LogP contribution in [0.4, 0.5) is 15.8 Å². The predicted molar refractivity (Wildman–Crippen MR) is 146 cm³/mol. The second-order valence-electron chi connectivity index (χ2n) is 9.44. The Balaban J connectivity index is 1.73. The number of ether oxygens (including phenoxy) is 2. The van der Waals surface area contributed by atoms with Gasteiger partial charge in [-0.1, -0.05) is 35.3 Å². The Morgan fingerprint density at radius 3 is 2.55 bits per heavy atom. The molecule has 4 heterocycles. The Bertz CT molecular complexity index is 1740. The minimum atomic E-state index is -1.84. The molecule has 1 spiro atoms. The van der Waals surface area contributed by atoms with E-state index in [9.17, 15) is 9.59 Å². The quantitative estimate of drug-likeness (QED) is 0.342. The summed E-state index contributed by atoms with van der Waals surface area (Å²) < 4.78 is 27.9. The van der Waals surface area contributed by atoms with Crippen LogP contribution in [0.5, 0.6) is 11.9 Å². The molecule has 0 aliphatic carbocycles. The van der Waals surface area contributed by atoms with E-state index in [-0.39, 0.29) is 45.9 Å². The van der Waals surface area contributed by atoms with E-state index in [0.717, 1.165) is 4.90 Å². The Labute approximate surface area is 237 Å². The van der Waals surface area contributed by atoms with Crippen molar-refractivity contribution in [2.45, 2.75) is 25.4 Å². The lowest BCUT2D eigenvalue weighted by Crippen LogP contribution is -2.51. The van der Waals surface area contributed by atoms with E-state index in [2.05, 4.69) is 15.3 Å². The number of nitrogens with zero attached hydrogens (tertiary/aromatic N) is 5. The first-order chi connectivity index (χ1) is 19.1. The maximum atomic E-state index is 15.6. The SMILES string of the molecule is COc1ncc(-c2nc3c(n2C(C)C)[C@@]2(C(=O)Nc4cc(Cl)ccc42)N(c2cccc(Cl)c2F)C3=O)c(OC)n1. The number of halogens is 3. The summed E-state index contributed by atoms with van der Waals surface area (Å²) in [4.78, 5) is 42.7. The van der Waals surface area contributed by atoms with Gasteiger partial charge in [0.05, 0.1) is 36.2 Å². The van der Waals surface area contributed by atoms with Gasteiger partial charge in [-0.3, -0.25) is 14.5 Å². The Morgan fingerprint density at radius 2 is 1.85 bits per heavy atom. The van der Waals surface area contributed by atoms with Gasteiger partial charge in [0.2, 0.25) is 5.88 Å². The van der Waals surface area contributed by atoms with Gasteiger partial charge in [-0.05, 0) is 38.1 Å². The average Bonchev–Trinajstić information content (AvgIpc) is 3.54. The molecular weight excluding hydrogens is 562 g/mol. The number of methoxy groups -OCH3 is 2. The van der Waals surface area contributed by atoms with Crippen LogP contribution in [-0.2, 0) is 10.3 Å². The Hall–Kier alpha value is -4.22. The first-order valence-electron chi connectivity index (χ1n) is 12.1. The highest BCUT2D eigenvalue weighted by Crippen LogP contribution is 2.55. The molecule has 2 aliphatic heterocycles. The summed E-state index contributed by atoms with van der Waals surface area (Å²) in [5.74, 6) is -1.68. The number of nitrogens with one attached hydrogen (secondary N) is 1. The lowest BCUT2D eigenvalue weighted by atomic mass is 9.87. The molecule has 13 heteroatoms. The molecule has 2 aliphatic rings. The van der Waals surface area contributed by atoms with E-state index < -0.39 is 23.2 Å². The number of imidazole rings is 1. The molecule has 2 aromatic carbocycles. The van der Waals surface area contributed by atoms with E-state index in [0.29, 0.717) is 21.8 Å². The van der Waals surface area contributed by atoms with Gasteiger partial charge in [0, 0.05) is 28.5 Å². The first kappa shape index (κ1) is 26.0. The van der Waals surface area contributed by atoms with Gasteiger partial charge in [0.25, 0.3) is 11.8 Å². The summed E-state index contributed by atoms with van der Waals surface area (Å²) in [5, 5.41) is 3.01. The Kier molecular flexibility index (Phi) is 5.97. The third kappa shape index (κ3) is 3.37. The van der Waals surface area contributed by atoms with E-state index >= 15 is 4.39 Å². The van der Waals surface area contributed by atoms with Crippen LogP contribution >= 0.6 is 23.2 Å². The van der Waals surface area contributed by atoms with E-state index in [1.54, 1.807) is 22.8 Å².